The maximum atomic E-state index is 14.8. The van der Waals surface area contributed by atoms with E-state index in [4.69, 9.17) is 18.9 Å². The topological polar surface area (TPSA) is 107 Å². The molecule has 0 aliphatic carbocycles. The van der Waals surface area contributed by atoms with Crippen molar-refractivity contribution in [1.29, 1.82) is 0 Å². The number of carbonyl (C=O) groups is 1. The van der Waals surface area contributed by atoms with E-state index >= 15 is 0 Å². The average Bonchev–Trinajstić information content (AvgIpc) is 3.38. The van der Waals surface area contributed by atoms with Gasteiger partial charge < -0.3 is 24.3 Å². The number of anilines is 1. The van der Waals surface area contributed by atoms with Crippen molar-refractivity contribution < 1.29 is 36.9 Å². The van der Waals surface area contributed by atoms with Gasteiger partial charge in [-0.05, 0) is 6.92 Å². The maximum Gasteiger partial charge on any atom is 0.318 e. The number of nitrogens with zero attached hydrogens (tertiary/aromatic N) is 3. The number of methoxy groups -OCH3 is 1. The van der Waals surface area contributed by atoms with Crippen LogP contribution in [0.3, 0.4) is 0 Å². The smallest absolute Gasteiger partial charge is 0.318 e. The Labute approximate surface area is 206 Å². The molecule has 0 spiro atoms. The van der Waals surface area contributed by atoms with Crippen LogP contribution in [0.2, 0.25) is 0 Å². The number of rotatable bonds is 9. The predicted octanol–water partition coefficient (Wildman–Crippen LogP) is 2.69. The van der Waals surface area contributed by atoms with Gasteiger partial charge in [0.25, 0.3) is 6.43 Å². The van der Waals surface area contributed by atoms with Crippen molar-refractivity contribution in [2.75, 3.05) is 51.9 Å². The molecule has 2 aliphatic heterocycles. The van der Waals surface area contributed by atoms with Gasteiger partial charge in [-0.1, -0.05) is 18.2 Å². The van der Waals surface area contributed by atoms with Crippen LogP contribution >= 0.6 is 0 Å². The zero-order chi connectivity index (χ0) is 25.7. The molecule has 36 heavy (non-hydrogen) atoms. The minimum absolute atomic E-state index is 0.0243. The van der Waals surface area contributed by atoms with Gasteiger partial charge in [0.05, 0.1) is 62.8 Å². The summed E-state index contributed by atoms with van der Waals surface area (Å²) in [5.41, 5.74) is 2.80. The van der Waals surface area contributed by atoms with E-state index in [-0.39, 0.29) is 35.4 Å². The van der Waals surface area contributed by atoms with Crippen LogP contribution in [0.25, 0.3) is 0 Å². The Morgan fingerprint density at radius 2 is 1.86 bits per heavy atom. The first-order valence-corrected chi connectivity index (χ1v) is 11.5. The standard InChI is InChI=1S/C23H28F3N5O5/c1-13(14-4-3-5-15(19(14)24)20(25)26)27-21-18(22-35-10-11-36-22)16(28-23(29-21)33-2)12-17(32)30-31-6-8-34-9-7-31/h3-5,13,20,22H,6-12H2,1-2H3,(H,30,32)(H,27,28,29)/t13-/m1/s1. The van der Waals surface area contributed by atoms with Crippen molar-refractivity contribution in [3.05, 3.63) is 46.4 Å². The molecule has 1 atom stereocenters. The molecule has 0 radical (unpaired) electrons. The van der Waals surface area contributed by atoms with Gasteiger partial charge in [-0.3, -0.25) is 10.2 Å². The fourth-order valence-corrected chi connectivity index (χ4v) is 4.00. The molecule has 0 saturated carbocycles. The van der Waals surface area contributed by atoms with Gasteiger partial charge in [0.1, 0.15) is 11.6 Å². The first kappa shape index (κ1) is 26.1. The molecule has 1 amide bonds. The Hall–Kier alpha value is -3.00. The van der Waals surface area contributed by atoms with Crippen LogP contribution in [0.4, 0.5) is 19.0 Å². The van der Waals surface area contributed by atoms with Gasteiger partial charge in [0.2, 0.25) is 5.91 Å². The van der Waals surface area contributed by atoms with Crippen molar-refractivity contribution in [3.63, 3.8) is 0 Å². The van der Waals surface area contributed by atoms with Gasteiger partial charge >= 0.3 is 6.01 Å². The summed E-state index contributed by atoms with van der Waals surface area (Å²) in [5.74, 6) is -1.16. The summed E-state index contributed by atoms with van der Waals surface area (Å²) >= 11 is 0. The van der Waals surface area contributed by atoms with E-state index in [1.807, 2.05) is 0 Å². The van der Waals surface area contributed by atoms with Crippen LogP contribution in [-0.2, 0) is 25.4 Å². The second kappa shape index (κ2) is 11.8. The number of hydrazine groups is 1. The number of alkyl halides is 2. The number of hydrogen-bond donors (Lipinski definition) is 2. The van der Waals surface area contributed by atoms with Gasteiger partial charge in [0, 0.05) is 18.7 Å². The molecule has 13 heteroatoms. The van der Waals surface area contributed by atoms with E-state index in [9.17, 15) is 18.0 Å². The third-order valence-corrected chi connectivity index (χ3v) is 5.78. The molecule has 1 aromatic carbocycles. The number of halogens is 3. The van der Waals surface area contributed by atoms with Crippen molar-refractivity contribution in [3.8, 4) is 6.01 Å². The van der Waals surface area contributed by atoms with E-state index in [1.165, 1.54) is 19.2 Å². The number of nitrogens with one attached hydrogen (secondary N) is 2. The number of benzene rings is 1. The average molecular weight is 512 g/mol. The summed E-state index contributed by atoms with van der Waals surface area (Å²) in [7, 11) is 1.37. The zero-order valence-electron chi connectivity index (χ0n) is 19.9. The number of aromatic nitrogens is 2. The molecule has 0 bridgehead atoms. The number of hydrogen-bond acceptors (Lipinski definition) is 9. The molecule has 2 aliphatic rings. The lowest BCUT2D eigenvalue weighted by molar-refractivity contribution is -0.127. The van der Waals surface area contributed by atoms with E-state index in [0.717, 1.165) is 6.07 Å². The third-order valence-electron chi connectivity index (χ3n) is 5.78. The molecule has 4 rings (SSSR count). The summed E-state index contributed by atoms with van der Waals surface area (Å²) in [6.07, 6.45) is -3.98. The molecule has 1 aromatic heterocycles. The van der Waals surface area contributed by atoms with Crippen molar-refractivity contribution in [2.24, 2.45) is 0 Å². The van der Waals surface area contributed by atoms with E-state index in [0.29, 0.717) is 45.1 Å². The molecule has 196 valence electrons. The summed E-state index contributed by atoms with van der Waals surface area (Å²) in [6.45, 7) is 4.35. The second-order valence-electron chi connectivity index (χ2n) is 8.22. The van der Waals surface area contributed by atoms with Gasteiger partial charge in [-0.25, -0.2) is 18.2 Å². The molecular weight excluding hydrogens is 483 g/mol. The normalized spacial score (nSPS) is 17.8. The molecule has 0 unspecified atom stereocenters. The number of amides is 1. The minimum Gasteiger partial charge on any atom is -0.467 e. The second-order valence-corrected chi connectivity index (χ2v) is 8.22. The lowest BCUT2D eigenvalue weighted by Crippen LogP contribution is -2.49. The van der Waals surface area contributed by atoms with E-state index < -0.39 is 30.1 Å². The fraction of sp³-hybridized carbons (Fsp3) is 0.522. The Morgan fingerprint density at radius 3 is 2.53 bits per heavy atom. The predicted molar refractivity (Wildman–Crippen MR) is 121 cm³/mol. The molecular formula is C23H28F3N5O5. The Kier molecular flexibility index (Phi) is 8.56. The third kappa shape index (κ3) is 6.03. The highest BCUT2D eigenvalue weighted by Gasteiger charge is 2.30. The highest BCUT2D eigenvalue weighted by atomic mass is 19.3. The maximum absolute atomic E-state index is 14.8. The highest BCUT2D eigenvalue weighted by molar-refractivity contribution is 5.78. The summed E-state index contributed by atoms with van der Waals surface area (Å²) < 4.78 is 63.1. The van der Waals surface area contributed by atoms with Crippen LogP contribution in [0, 0.1) is 5.82 Å². The zero-order valence-corrected chi connectivity index (χ0v) is 19.9. The number of morpholine rings is 1. The summed E-state index contributed by atoms with van der Waals surface area (Å²) in [5, 5.41) is 4.80. The van der Waals surface area contributed by atoms with Gasteiger partial charge in [0.15, 0.2) is 6.29 Å². The highest BCUT2D eigenvalue weighted by Crippen LogP contribution is 2.35. The minimum atomic E-state index is -2.95. The monoisotopic (exact) mass is 511 g/mol. The van der Waals surface area contributed by atoms with E-state index in [1.54, 1.807) is 11.9 Å². The molecule has 10 nitrogen and oxygen atoms in total. The molecule has 2 saturated heterocycles. The molecule has 2 N–H and O–H groups in total. The summed E-state index contributed by atoms with van der Waals surface area (Å²) in [6, 6.07) is 3.00. The Balaban J connectivity index is 1.65. The largest absolute Gasteiger partial charge is 0.467 e. The van der Waals surface area contributed by atoms with Crippen molar-refractivity contribution in [1.82, 2.24) is 20.4 Å². The van der Waals surface area contributed by atoms with E-state index in [2.05, 4.69) is 20.7 Å². The lowest BCUT2D eigenvalue weighted by atomic mass is 10.0. The first-order valence-electron chi connectivity index (χ1n) is 11.5. The first-order chi connectivity index (χ1) is 17.4. The van der Waals surface area contributed by atoms with Crippen LogP contribution in [0.5, 0.6) is 6.01 Å². The quantitative estimate of drug-likeness (QED) is 0.526. The molecule has 2 aromatic rings. The molecule has 2 fully saturated rings. The SMILES string of the molecule is COc1nc(CC(=O)NN2CCOCC2)c(C2OCCO2)c(N[C@H](C)c2cccc(C(F)F)c2F)n1. The van der Waals surface area contributed by atoms with Crippen LogP contribution < -0.4 is 15.5 Å². The van der Waals surface area contributed by atoms with Crippen molar-refractivity contribution in [2.45, 2.75) is 32.1 Å². The molecule has 3 heterocycles. The number of carbonyl (C=O) groups excluding carboxylic acids is 1. The number of ether oxygens (including phenoxy) is 4. The van der Waals surface area contributed by atoms with Gasteiger partial charge in [-0.15, -0.1) is 0 Å². The Bertz CT molecular complexity index is 1060. The van der Waals surface area contributed by atoms with Gasteiger partial charge in [-0.2, -0.15) is 9.97 Å². The summed E-state index contributed by atoms with van der Waals surface area (Å²) in [4.78, 5) is 21.5. The van der Waals surface area contributed by atoms with Crippen LogP contribution in [-0.4, -0.2) is 67.5 Å². The van der Waals surface area contributed by atoms with Crippen molar-refractivity contribution >= 4 is 11.7 Å². The lowest BCUT2D eigenvalue weighted by Gasteiger charge is -2.27. The van der Waals surface area contributed by atoms with Crippen LogP contribution in [0.1, 0.15) is 48.1 Å². The fourth-order valence-electron chi connectivity index (χ4n) is 4.00. The Morgan fingerprint density at radius 1 is 1.17 bits per heavy atom. The van der Waals surface area contributed by atoms with Crippen LogP contribution in [0.15, 0.2) is 18.2 Å².